The molecule has 4 nitrogen and oxygen atoms in total. The first-order valence-electron chi connectivity index (χ1n) is 7.78. The number of hydrogen-bond donors (Lipinski definition) is 0. The summed E-state index contributed by atoms with van der Waals surface area (Å²) in [5.74, 6) is 2.43. The Kier molecular flexibility index (Phi) is 6.48. The molecule has 0 atom stereocenters. The fraction of sp³-hybridized carbons (Fsp3) is 0.316. The number of ether oxygens (including phenoxy) is 2. The van der Waals surface area contributed by atoms with Gasteiger partial charge in [0.25, 0.3) is 0 Å². The molecule has 2 rings (SSSR count). The van der Waals surface area contributed by atoms with Crippen molar-refractivity contribution in [3.8, 4) is 17.2 Å². The van der Waals surface area contributed by atoms with E-state index >= 15 is 0 Å². The average molecular weight is 313 g/mol. The van der Waals surface area contributed by atoms with Crippen LogP contribution in [0.5, 0.6) is 17.2 Å². The summed E-state index contributed by atoms with van der Waals surface area (Å²) in [5.41, 5.74) is 1.17. The molecule has 0 aliphatic heterocycles. The third-order valence-electron chi connectivity index (χ3n) is 2.91. The van der Waals surface area contributed by atoms with Crippen LogP contribution in [0.15, 0.2) is 53.7 Å². The maximum Gasteiger partial charge on any atom is 0.127 e. The highest BCUT2D eigenvalue weighted by atomic mass is 16.6. The number of oxime groups is 1. The molecule has 0 aliphatic rings. The van der Waals surface area contributed by atoms with Crippen LogP contribution in [-0.2, 0) is 4.84 Å². The van der Waals surface area contributed by atoms with Gasteiger partial charge in [-0.2, -0.15) is 0 Å². The first-order valence-corrected chi connectivity index (χ1v) is 7.78. The monoisotopic (exact) mass is 313 g/mol. The Bertz CT molecular complexity index is 621. The van der Waals surface area contributed by atoms with Gasteiger partial charge in [-0.05, 0) is 62.7 Å². The minimum Gasteiger partial charge on any atom is -0.493 e. The van der Waals surface area contributed by atoms with Gasteiger partial charge in [0.1, 0.15) is 23.4 Å². The fourth-order valence-corrected chi connectivity index (χ4v) is 1.87. The second-order valence-electron chi connectivity index (χ2n) is 5.47. The maximum absolute atomic E-state index is 5.80. The second kappa shape index (κ2) is 8.83. The van der Waals surface area contributed by atoms with Gasteiger partial charge < -0.3 is 14.3 Å². The topological polar surface area (TPSA) is 40.0 Å². The molecule has 4 heteroatoms. The molecule has 0 saturated carbocycles. The summed E-state index contributed by atoms with van der Waals surface area (Å²) >= 11 is 0. The van der Waals surface area contributed by atoms with Crippen LogP contribution in [0.3, 0.4) is 0 Å². The third-order valence-corrected chi connectivity index (χ3v) is 2.91. The van der Waals surface area contributed by atoms with Crippen LogP contribution in [0.2, 0.25) is 0 Å². The van der Waals surface area contributed by atoms with Crippen molar-refractivity contribution in [3.05, 3.63) is 54.1 Å². The van der Waals surface area contributed by atoms with Crippen molar-refractivity contribution in [1.29, 1.82) is 0 Å². The van der Waals surface area contributed by atoms with Crippen LogP contribution >= 0.6 is 0 Å². The number of benzene rings is 2. The fourth-order valence-electron chi connectivity index (χ4n) is 1.87. The predicted octanol–water partition coefficient (Wildman–Crippen LogP) is 4.97. The molecule has 0 unspecified atom stereocenters. The molecular weight excluding hydrogens is 290 g/mol. The van der Waals surface area contributed by atoms with Gasteiger partial charge in [0.15, 0.2) is 0 Å². The Hall–Kier alpha value is -2.49. The molecule has 2 aromatic carbocycles. The minimum atomic E-state index is 0.105. The summed E-state index contributed by atoms with van der Waals surface area (Å²) in [6.45, 7) is 6.48. The van der Waals surface area contributed by atoms with Crippen molar-refractivity contribution in [2.75, 3.05) is 6.61 Å². The third kappa shape index (κ3) is 6.43. The second-order valence-corrected chi connectivity index (χ2v) is 5.47. The maximum atomic E-state index is 5.80. The van der Waals surface area contributed by atoms with Crippen LogP contribution in [0.4, 0.5) is 0 Å². The molecule has 0 N–H and O–H groups in total. The highest BCUT2D eigenvalue weighted by Gasteiger charge is 1.99. The Morgan fingerprint density at radius 1 is 1.00 bits per heavy atom. The molecule has 0 radical (unpaired) electrons. The van der Waals surface area contributed by atoms with Crippen molar-refractivity contribution in [3.63, 3.8) is 0 Å². The Morgan fingerprint density at radius 2 is 1.74 bits per heavy atom. The largest absolute Gasteiger partial charge is 0.493 e. The van der Waals surface area contributed by atoms with Crippen molar-refractivity contribution < 1.29 is 14.3 Å². The van der Waals surface area contributed by atoms with E-state index in [4.69, 9.17) is 14.3 Å². The lowest BCUT2D eigenvalue weighted by molar-refractivity contribution is 0.0866. The molecular formula is C19H23NO3. The van der Waals surface area contributed by atoms with E-state index in [1.54, 1.807) is 6.21 Å². The lowest BCUT2D eigenvalue weighted by Crippen LogP contribution is -2.00. The lowest BCUT2D eigenvalue weighted by atomic mass is 10.2. The van der Waals surface area contributed by atoms with Gasteiger partial charge >= 0.3 is 0 Å². The lowest BCUT2D eigenvalue weighted by Gasteiger charge is -2.08. The van der Waals surface area contributed by atoms with Crippen LogP contribution in [0.1, 0.15) is 25.8 Å². The highest BCUT2D eigenvalue weighted by Crippen LogP contribution is 2.24. The Morgan fingerprint density at radius 3 is 2.43 bits per heavy atom. The van der Waals surface area contributed by atoms with Crippen molar-refractivity contribution in [1.82, 2.24) is 0 Å². The molecule has 0 fully saturated rings. The molecule has 0 spiro atoms. The Labute approximate surface area is 137 Å². The number of aryl methyl sites for hydroxylation is 1. The zero-order valence-electron chi connectivity index (χ0n) is 13.9. The SMILES string of the molecule is Cc1cccc(Oc2ccc(OCC/C=N/OC(C)C)cc2)c1. The molecule has 23 heavy (non-hydrogen) atoms. The number of rotatable bonds is 8. The van der Waals surface area contributed by atoms with Gasteiger partial charge in [0.2, 0.25) is 0 Å². The first-order chi connectivity index (χ1) is 11.1. The summed E-state index contributed by atoms with van der Waals surface area (Å²) < 4.78 is 11.4. The molecule has 0 aliphatic carbocycles. The van der Waals surface area contributed by atoms with E-state index in [0.29, 0.717) is 13.0 Å². The van der Waals surface area contributed by atoms with E-state index in [1.807, 2.05) is 69.3 Å². The summed E-state index contributed by atoms with van der Waals surface area (Å²) in [6.07, 6.45) is 2.52. The van der Waals surface area contributed by atoms with Crippen molar-refractivity contribution >= 4 is 6.21 Å². The zero-order chi connectivity index (χ0) is 16.5. The van der Waals surface area contributed by atoms with Crippen LogP contribution in [0.25, 0.3) is 0 Å². The molecule has 0 bridgehead atoms. The summed E-state index contributed by atoms with van der Waals surface area (Å²) in [7, 11) is 0. The van der Waals surface area contributed by atoms with Gasteiger partial charge in [-0.3, -0.25) is 0 Å². The predicted molar refractivity (Wildman–Crippen MR) is 92.5 cm³/mol. The number of hydrogen-bond acceptors (Lipinski definition) is 4. The Balaban J connectivity index is 1.77. The van der Waals surface area contributed by atoms with E-state index in [9.17, 15) is 0 Å². The van der Waals surface area contributed by atoms with Gasteiger partial charge in [-0.15, -0.1) is 0 Å². The highest BCUT2D eigenvalue weighted by molar-refractivity contribution is 5.56. The van der Waals surface area contributed by atoms with E-state index < -0.39 is 0 Å². The summed E-state index contributed by atoms with van der Waals surface area (Å²) in [5, 5.41) is 3.85. The quantitative estimate of drug-likeness (QED) is 0.392. The molecule has 0 heterocycles. The molecule has 0 amide bonds. The van der Waals surface area contributed by atoms with E-state index in [-0.39, 0.29) is 6.10 Å². The van der Waals surface area contributed by atoms with Crippen LogP contribution < -0.4 is 9.47 Å². The van der Waals surface area contributed by atoms with Gasteiger partial charge in [-0.25, -0.2) is 0 Å². The molecule has 0 saturated heterocycles. The molecule has 2 aromatic rings. The standard InChI is InChI=1S/C19H23NO3/c1-15(2)23-20-12-5-13-21-17-8-10-18(11-9-17)22-19-7-4-6-16(3)14-19/h4,6-12,14-15H,5,13H2,1-3H3/b20-12+. The average Bonchev–Trinajstić information content (AvgIpc) is 2.52. The van der Waals surface area contributed by atoms with E-state index in [1.165, 1.54) is 5.56 Å². The minimum absolute atomic E-state index is 0.105. The van der Waals surface area contributed by atoms with E-state index in [2.05, 4.69) is 5.16 Å². The van der Waals surface area contributed by atoms with Gasteiger partial charge in [-0.1, -0.05) is 17.3 Å². The molecule has 122 valence electrons. The van der Waals surface area contributed by atoms with Gasteiger partial charge in [0, 0.05) is 12.6 Å². The summed E-state index contributed by atoms with van der Waals surface area (Å²) in [6, 6.07) is 15.5. The van der Waals surface area contributed by atoms with Crippen molar-refractivity contribution in [2.45, 2.75) is 33.3 Å². The molecule has 0 aromatic heterocycles. The normalized spacial score (nSPS) is 11.0. The number of nitrogens with zero attached hydrogens (tertiary/aromatic N) is 1. The first kappa shape index (κ1) is 16.9. The van der Waals surface area contributed by atoms with Crippen LogP contribution in [-0.4, -0.2) is 18.9 Å². The zero-order valence-corrected chi connectivity index (χ0v) is 13.9. The summed E-state index contributed by atoms with van der Waals surface area (Å²) in [4.78, 5) is 5.07. The van der Waals surface area contributed by atoms with Gasteiger partial charge in [0.05, 0.1) is 6.61 Å². The smallest absolute Gasteiger partial charge is 0.127 e. The van der Waals surface area contributed by atoms with E-state index in [0.717, 1.165) is 17.2 Å². The van der Waals surface area contributed by atoms with Crippen LogP contribution in [0, 0.1) is 6.92 Å². The van der Waals surface area contributed by atoms with Crippen molar-refractivity contribution in [2.24, 2.45) is 5.16 Å².